The van der Waals surface area contributed by atoms with Gasteiger partial charge in [-0.2, -0.15) is 4.99 Å². The standard InChI is InChI=1S/C21H16N6O2/c22-19(25-12-28)15-8-14(10-24-11-15)13-6-7-18-17(9-13)20(29)27(21(23)26-18)16-4-2-1-3-5-16/h1-12H,(H2,23,26)(H2,22,25,28). The number of carbonyl (C=O) groups excluding carboxylic acids is 1. The van der Waals surface area contributed by atoms with Crippen LogP contribution in [0.1, 0.15) is 5.56 Å². The molecular weight excluding hydrogens is 368 g/mol. The van der Waals surface area contributed by atoms with E-state index in [9.17, 15) is 9.59 Å². The summed E-state index contributed by atoms with van der Waals surface area (Å²) in [6.07, 6.45) is 3.52. The molecule has 8 heteroatoms. The zero-order valence-electron chi connectivity index (χ0n) is 15.2. The fourth-order valence-corrected chi connectivity index (χ4v) is 3.08. The molecule has 4 N–H and O–H groups in total. The smallest absolute Gasteiger partial charge is 0.267 e. The lowest BCUT2D eigenvalue weighted by molar-refractivity contribution is -0.106. The van der Waals surface area contributed by atoms with E-state index in [0.717, 1.165) is 11.1 Å². The normalized spacial score (nSPS) is 11.5. The first-order valence-corrected chi connectivity index (χ1v) is 8.69. The molecule has 0 bridgehead atoms. The predicted molar refractivity (Wildman–Crippen MR) is 112 cm³/mol. The van der Waals surface area contributed by atoms with Crippen LogP contribution in [-0.2, 0) is 4.79 Å². The quantitative estimate of drug-likeness (QED) is 0.314. The van der Waals surface area contributed by atoms with Crippen LogP contribution in [0.5, 0.6) is 0 Å². The summed E-state index contributed by atoms with van der Waals surface area (Å²) >= 11 is 0. The van der Waals surface area contributed by atoms with Crippen molar-refractivity contribution in [2.75, 3.05) is 5.73 Å². The van der Waals surface area contributed by atoms with Crippen LogP contribution in [0, 0.1) is 0 Å². The van der Waals surface area contributed by atoms with Crippen LogP contribution in [0.4, 0.5) is 5.95 Å². The Morgan fingerprint density at radius 1 is 1.03 bits per heavy atom. The van der Waals surface area contributed by atoms with Gasteiger partial charge in [-0.1, -0.05) is 24.3 Å². The third kappa shape index (κ3) is 3.34. The van der Waals surface area contributed by atoms with Gasteiger partial charge in [0.25, 0.3) is 5.56 Å². The van der Waals surface area contributed by atoms with Crippen LogP contribution in [0.3, 0.4) is 0 Å². The summed E-state index contributed by atoms with van der Waals surface area (Å²) in [6.45, 7) is 0. The van der Waals surface area contributed by atoms with Crippen LogP contribution in [0.2, 0.25) is 0 Å². The Morgan fingerprint density at radius 3 is 2.59 bits per heavy atom. The van der Waals surface area contributed by atoms with Gasteiger partial charge >= 0.3 is 0 Å². The SMILES string of the molecule is NC(=NC=O)c1cncc(-c2ccc3nc(N)n(-c4ccccc4)c(=O)c3c2)c1. The lowest BCUT2D eigenvalue weighted by Crippen LogP contribution is -2.23. The van der Waals surface area contributed by atoms with Gasteiger partial charge in [0.1, 0.15) is 5.84 Å². The summed E-state index contributed by atoms with van der Waals surface area (Å²) in [7, 11) is 0. The number of hydrogen-bond donors (Lipinski definition) is 2. The molecule has 0 unspecified atom stereocenters. The molecule has 2 aromatic carbocycles. The number of hydrogen-bond acceptors (Lipinski definition) is 5. The topological polar surface area (TPSA) is 129 Å². The van der Waals surface area contributed by atoms with E-state index in [4.69, 9.17) is 11.5 Å². The van der Waals surface area contributed by atoms with E-state index in [1.807, 2.05) is 24.3 Å². The van der Waals surface area contributed by atoms with Crippen LogP contribution in [0.15, 0.2) is 76.8 Å². The number of pyridine rings is 1. The number of amidine groups is 1. The third-order valence-electron chi connectivity index (χ3n) is 4.47. The Morgan fingerprint density at radius 2 is 1.83 bits per heavy atom. The molecule has 0 saturated heterocycles. The van der Waals surface area contributed by atoms with Gasteiger partial charge in [-0.3, -0.25) is 14.6 Å². The minimum atomic E-state index is -0.272. The summed E-state index contributed by atoms with van der Waals surface area (Å²) in [5, 5.41) is 0.417. The molecule has 29 heavy (non-hydrogen) atoms. The Hall–Kier alpha value is -4.33. The zero-order chi connectivity index (χ0) is 20.4. The molecule has 0 saturated carbocycles. The molecule has 0 atom stereocenters. The molecule has 4 aromatic rings. The average Bonchev–Trinajstić information content (AvgIpc) is 2.74. The first-order chi connectivity index (χ1) is 14.1. The highest BCUT2D eigenvalue weighted by atomic mass is 16.1. The summed E-state index contributed by atoms with van der Waals surface area (Å²) < 4.78 is 1.37. The molecule has 2 aromatic heterocycles. The van der Waals surface area contributed by atoms with Gasteiger partial charge in [-0.25, -0.2) is 9.55 Å². The first kappa shape index (κ1) is 18.1. The summed E-state index contributed by atoms with van der Waals surface area (Å²) in [5.41, 5.74) is 14.6. The van der Waals surface area contributed by atoms with Crippen molar-refractivity contribution in [2.24, 2.45) is 10.7 Å². The van der Waals surface area contributed by atoms with Crippen molar-refractivity contribution in [1.82, 2.24) is 14.5 Å². The highest BCUT2D eigenvalue weighted by Gasteiger charge is 2.12. The minimum absolute atomic E-state index is 0.0658. The predicted octanol–water partition coefficient (Wildman–Crippen LogP) is 1.89. The second kappa shape index (κ2) is 7.35. The van der Waals surface area contributed by atoms with E-state index >= 15 is 0 Å². The van der Waals surface area contributed by atoms with E-state index in [1.54, 1.807) is 36.5 Å². The highest BCUT2D eigenvalue weighted by Crippen LogP contribution is 2.23. The van der Waals surface area contributed by atoms with Gasteiger partial charge in [0, 0.05) is 23.5 Å². The number of para-hydroxylation sites is 1. The van der Waals surface area contributed by atoms with Crippen LogP contribution in [0.25, 0.3) is 27.7 Å². The number of anilines is 1. The maximum absolute atomic E-state index is 13.1. The van der Waals surface area contributed by atoms with Crippen molar-refractivity contribution in [3.8, 4) is 16.8 Å². The number of nitrogens with two attached hydrogens (primary N) is 2. The molecule has 0 aliphatic carbocycles. The lowest BCUT2D eigenvalue weighted by atomic mass is 10.0. The molecule has 0 radical (unpaired) electrons. The highest BCUT2D eigenvalue weighted by molar-refractivity contribution is 6.01. The number of rotatable bonds is 4. The number of benzene rings is 2. The number of carbonyl (C=O) groups is 1. The second-order valence-electron chi connectivity index (χ2n) is 6.26. The van der Waals surface area contributed by atoms with Gasteiger partial charge in [0.05, 0.1) is 16.6 Å². The van der Waals surface area contributed by atoms with Gasteiger partial charge in [0.15, 0.2) is 0 Å². The molecule has 8 nitrogen and oxygen atoms in total. The van der Waals surface area contributed by atoms with Crippen LogP contribution < -0.4 is 17.0 Å². The summed E-state index contributed by atoms with van der Waals surface area (Å²) in [4.78, 5) is 35.8. The van der Waals surface area contributed by atoms with Gasteiger partial charge in [-0.05, 0) is 35.9 Å². The number of amides is 1. The van der Waals surface area contributed by atoms with Gasteiger partial charge in [-0.15, -0.1) is 0 Å². The van der Waals surface area contributed by atoms with Crippen molar-refractivity contribution in [3.63, 3.8) is 0 Å². The number of fused-ring (bicyclic) bond motifs is 1. The average molecular weight is 384 g/mol. The number of nitrogens with zero attached hydrogens (tertiary/aromatic N) is 4. The second-order valence-corrected chi connectivity index (χ2v) is 6.26. The number of aromatic nitrogens is 3. The number of nitrogen functional groups attached to an aromatic ring is 1. The maximum Gasteiger partial charge on any atom is 0.267 e. The number of aliphatic imine (C=N–C) groups is 1. The van der Waals surface area contributed by atoms with Crippen molar-refractivity contribution in [3.05, 3.63) is 82.9 Å². The molecule has 0 aliphatic heterocycles. The van der Waals surface area contributed by atoms with Gasteiger partial charge < -0.3 is 11.5 Å². The Labute approximate surface area is 165 Å². The largest absolute Gasteiger partial charge is 0.383 e. The van der Waals surface area contributed by atoms with Crippen molar-refractivity contribution in [1.29, 1.82) is 0 Å². The lowest BCUT2D eigenvalue weighted by Gasteiger charge is -2.11. The monoisotopic (exact) mass is 384 g/mol. The first-order valence-electron chi connectivity index (χ1n) is 8.69. The summed E-state index contributed by atoms with van der Waals surface area (Å²) in [5.74, 6) is 0.180. The van der Waals surface area contributed by atoms with E-state index in [1.165, 1.54) is 10.8 Å². The molecule has 0 spiro atoms. The Kier molecular flexibility index (Phi) is 4.58. The molecule has 4 rings (SSSR count). The van der Waals surface area contributed by atoms with Crippen molar-refractivity contribution in [2.45, 2.75) is 0 Å². The summed E-state index contributed by atoms with van der Waals surface area (Å²) in [6, 6.07) is 16.1. The van der Waals surface area contributed by atoms with E-state index in [0.29, 0.717) is 28.6 Å². The van der Waals surface area contributed by atoms with Gasteiger partial charge in [0.2, 0.25) is 12.4 Å². The van der Waals surface area contributed by atoms with E-state index in [2.05, 4.69) is 15.0 Å². The third-order valence-corrected chi connectivity index (χ3v) is 4.47. The van der Waals surface area contributed by atoms with E-state index < -0.39 is 0 Å². The Bertz CT molecular complexity index is 1310. The van der Waals surface area contributed by atoms with E-state index in [-0.39, 0.29) is 17.3 Å². The molecule has 142 valence electrons. The van der Waals surface area contributed by atoms with Crippen molar-refractivity contribution >= 4 is 29.1 Å². The minimum Gasteiger partial charge on any atom is -0.383 e. The fraction of sp³-hybridized carbons (Fsp3) is 0. The maximum atomic E-state index is 13.1. The molecule has 1 amide bonds. The molecule has 0 fully saturated rings. The Balaban J connectivity index is 1.89. The van der Waals surface area contributed by atoms with Crippen molar-refractivity contribution < 1.29 is 4.79 Å². The fourth-order valence-electron chi connectivity index (χ4n) is 3.08. The molecule has 0 aliphatic rings. The van der Waals surface area contributed by atoms with Crippen LogP contribution in [-0.4, -0.2) is 26.8 Å². The zero-order valence-corrected chi connectivity index (χ0v) is 15.2. The molecule has 2 heterocycles. The van der Waals surface area contributed by atoms with Crippen LogP contribution >= 0.6 is 0 Å². The molecular formula is C21H16N6O2.